The topological polar surface area (TPSA) is 105 Å². The van der Waals surface area contributed by atoms with Gasteiger partial charge in [0, 0.05) is 17.7 Å². The van der Waals surface area contributed by atoms with E-state index in [4.69, 9.17) is 4.74 Å². The van der Waals surface area contributed by atoms with Crippen LogP contribution >= 0.6 is 0 Å². The maximum atomic E-state index is 11.8. The monoisotopic (exact) mass is 270 g/mol. The number of hydrogen-bond donors (Lipinski definition) is 3. The molecule has 1 aromatic rings. The van der Waals surface area contributed by atoms with E-state index in [1.165, 1.54) is 23.8 Å². The van der Waals surface area contributed by atoms with Gasteiger partial charge in [-0.2, -0.15) is 0 Å². The number of hydrogen-bond acceptors (Lipinski definition) is 5. The van der Waals surface area contributed by atoms with E-state index in [2.05, 4.69) is 4.98 Å². The Balaban J connectivity index is 2.45. The van der Waals surface area contributed by atoms with E-state index >= 15 is 0 Å². The lowest BCUT2D eigenvalue weighted by Gasteiger charge is -2.28. The Morgan fingerprint density at radius 2 is 2.11 bits per heavy atom. The smallest absolute Gasteiger partial charge is 0.330 e. The van der Waals surface area contributed by atoms with E-state index in [0.29, 0.717) is 0 Å². The molecule has 1 aromatic heterocycles. The van der Waals surface area contributed by atoms with E-state index in [1.807, 2.05) is 0 Å². The molecule has 1 saturated heterocycles. The summed E-state index contributed by atoms with van der Waals surface area (Å²) >= 11 is 0. The van der Waals surface area contributed by atoms with Gasteiger partial charge in [-0.1, -0.05) is 13.8 Å². The summed E-state index contributed by atoms with van der Waals surface area (Å²) in [6.07, 6.45) is -2.00. The highest BCUT2D eigenvalue weighted by Gasteiger charge is 2.52. The van der Waals surface area contributed by atoms with Crippen molar-refractivity contribution in [3.63, 3.8) is 0 Å². The second-order valence-electron chi connectivity index (χ2n) is 5.48. The van der Waals surface area contributed by atoms with Crippen LogP contribution in [-0.4, -0.2) is 38.1 Å². The van der Waals surface area contributed by atoms with Crippen LogP contribution in [0.3, 0.4) is 0 Å². The van der Waals surface area contributed by atoms with Crippen LogP contribution in [0, 0.1) is 5.41 Å². The molecule has 7 heteroatoms. The summed E-state index contributed by atoms with van der Waals surface area (Å²) in [4.78, 5) is 25.0. The van der Waals surface area contributed by atoms with Crippen molar-refractivity contribution in [3.8, 4) is 0 Å². The number of ether oxygens (including phenoxy) is 1. The third kappa shape index (κ3) is 2.24. The van der Waals surface area contributed by atoms with Crippen LogP contribution in [0.15, 0.2) is 21.9 Å². The number of rotatable bonds is 2. The zero-order valence-corrected chi connectivity index (χ0v) is 11.0. The molecular formula is C12H18N2O5. The first-order valence-corrected chi connectivity index (χ1v) is 6.08. The molecule has 0 amide bonds. The Labute approximate surface area is 109 Å². The Kier molecular flexibility index (Phi) is 3.38. The highest BCUT2D eigenvalue weighted by Crippen LogP contribution is 2.45. The lowest BCUT2D eigenvalue weighted by molar-refractivity contribution is -0.0800. The molecule has 2 rings (SSSR count). The predicted molar refractivity (Wildman–Crippen MR) is 66.7 cm³/mol. The van der Waals surface area contributed by atoms with Crippen LogP contribution in [0.5, 0.6) is 0 Å². The molecule has 1 aliphatic heterocycles. The molecule has 0 unspecified atom stereocenters. The number of H-pyrrole nitrogens is 1. The van der Waals surface area contributed by atoms with Crippen molar-refractivity contribution >= 4 is 0 Å². The summed E-state index contributed by atoms with van der Waals surface area (Å²) in [5.74, 6) is 0. The first kappa shape index (κ1) is 14.0. The maximum Gasteiger partial charge on any atom is 0.330 e. The summed E-state index contributed by atoms with van der Waals surface area (Å²) in [7, 11) is 0. The fourth-order valence-electron chi connectivity index (χ4n) is 2.38. The van der Waals surface area contributed by atoms with Crippen molar-refractivity contribution in [3.05, 3.63) is 33.1 Å². The molecule has 3 N–H and O–H groups in total. The molecule has 1 aliphatic rings. The average Bonchev–Trinajstić information content (AvgIpc) is 2.52. The second kappa shape index (κ2) is 4.59. The lowest BCUT2D eigenvalue weighted by atomic mass is 9.83. The third-order valence-corrected chi connectivity index (χ3v) is 3.58. The fourth-order valence-corrected chi connectivity index (χ4v) is 2.38. The molecule has 0 aromatic carbocycles. The van der Waals surface area contributed by atoms with Gasteiger partial charge in [-0.25, -0.2) is 4.79 Å². The zero-order chi connectivity index (χ0) is 14.4. The van der Waals surface area contributed by atoms with Crippen LogP contribution in [0.1, 0.15) is 27.0 Å². The summed E-state index contributed by atoms with van der Waals surface area (Å²) in [6, 6.07) is 1.21. The zero-order valence-electron chi connectivity index (χ0n) is 11.0. The third-order valence-electron chi connectivity index (χ3n) is 3.58. The van der Waals surface area contributed by atoms with E-state index in [0.717, 1.165) is 0 Å². The van der Waals surface area contributed by atoms with Gasteiger partial charge in [-0.15, -0.1) is 0 Å². The van der Waals surface area contributed by atoms with Crippen molar-refractivity contribution in [2.75, 3.05) is 0 Å². The van der Waals surface area contributed by atoms with Crippen molar-refractivity contribution in [2.45, 2.75) is 45.3 Å². The predicted octanol–water partition coefficient (Wildman–Crippen LogP) is -0.798. The first-order valence-electron chi connectivity index (χ1n) is 6.08. The Hall–Kier alpha value is -1.44. The molecule has 106 valence electrons. The molecule has 1 fully saturated rings. The molecule has 0 aliphatic carbocycles. The fraction of sp³-hybridized carbons (Fsp3) is 0.667. The summed E-state index contributed by atoms with van der Waals surface area (Å²) in [6.45, 7) is 4.99. The van der Waals surface area contributed by atoms with Crippen LogP contribution in [0.25, 0.3) is 0 Å². The van der Waals surface area contributed by atoms with Gasteiger partial charge in [0.05, 0.1) is 12.2 Å². The molecule has 0 saturated carbocycles. The molecule has 2 heterocycles. The van der Waals surface area contributed by atoms with Crippen LogP contribution in [0.2, 0.25) is 0 Å². The van der Waals surface area contributed by atoms with Gasteiger partial charge in [-0.3, -0.25) is 14.3 Å². The minimum Gasteiger partial charge on any atom is -0.391 e. The molecule has 0 spiro atoms. The summed E-state index contributed by atoms with van der Waals surface area (Å²) < 4.78 is 6.81. The number of aromatic nitrogens is 2. The number of aliphatic hydroxyl groups excluding tert-OH is 2. The Bertz CT molecular complexity index is 574. The standard InChI is InChI=1S/C12H18N2O5/c1-6(15)8-9(17)12(2,3)10(19-8)14-5-4-7(16)13-11(14)18/h4-6,8-10,15,17H,1-3H3,(H,13,16,18)/t6-,8-,9-,10-/m1/s1. The minimum absolute atomic E-state index is 0.496. The van der Waals surface area contributed by atoms with Gasteiger partial charge < -0.3 is 14.9 Å². The largest absolute Gasteiger partial charge is 0.391 e. The lowest BCUT2D eigenvalue weighted by Crippen LogP contribution is -2.40. The molecule has 0 radical (unpaired) electrons. The maximum absolute atomic E-state index is 11.8. The number of nitrogens with one attached hydrogen (secondary N) is 1. The molecule has 19 heavy (non-hydrogen) atoms. The van der Waals surface area contributed by atoms with Crippen molar-refractivity contribution in [2.24, 2.45) is 5.41 Å². The number of nitrogens with zero attached hydrogens (tertiary/aromatic N) is 1. The quantitative estimate of drug-likeness (QED) is 0.652. The van der Waals surface area contributed by atoms with E-state index in [9.17, 15) is 19.8 Å². The van der Waals surface area contributed by atoms with Gasteiger partial charge in [0.1, 0.15) is 12.3 Å². The SMILES string of the molecule is C[C@@H](O)[C@H]1O[C@@H](n2ccc(=O)[nH]c2=O)C(C)(C)[C@@H]1O. The molecule has 7 nitrogen and oxygen atoms in total. The average molecular weight is 270 g/mol. The van der Waals surface area contributed by atoms with E-state index in [-0.39, 0.29) is 0 Å². The Morgan fingerprint density at radius 1 is 1.47 bits per heavy atom. The molecular weight excluding hydrogens is 252 g/mol. The number of aliphatic hydroxyl groups is 2. The van der Waals surface area contributed by atoms with Crippen molar-refractivity contribution in [1.82, 2.24) is 9.55 Å². The normalized spacial score (nSPS) is 31.3. The molecule has 4 atom stereocenters. The van der Waals surface area contributed by atoms with E-state index < -0.39 is 41.2 Å². The summed E-state index contributed by atoms with van der Waals surface area (Å²) in [5.41, 5.74) is -1.88. The summed E-state index contributed by atoms with van der Waals surface area (Å²) in [5, 5.41) is 19.8. The van der Waals surface area contributed by atoms with Crippen LogP contribution in [0.4, 0.5) is 0 Å². The van der Waals surface area contributed by atoms with E-state index in [1.54, 1.807) is 13.8 Å². The Morgan fingerprint density at radius 3 is 2.58 bits per heavy atom. The van der Waals surface area contributed by atoms with Gasteiger partial charge in [-0.05, 0) is 6.92 Å². The second-order valence-corrected chi connectivity index (χ2v) is 5.48. The highest BCUT2D eigenvalue weighted by atomic mass is 16.5. The van der Waals surface area contributed by atoms with Gasteiger partial charge in [0.25, 0.3) is 5.56 Å². The van der Waals surface area contributed by atoms with Gasteiger partial charge >= 0.3 is 5.69 Å². The first-order chi connectivity index (χ1) is 8.75. The van der Waals surface area contributed by atoms with Gasteiger partial charge in [0.2, 0.25) is 0 Å². The van der Waals surface area contributed by atoms with Crippen molar-refractivity contribution in [1.29, 1.82) is 0 Å². The van der Waals surface area contributed by atoms with Crippen LogP contribution < -0.4 is 11.2 Å². The number of aromatic amines is 1. The van der Waals surface area contributed by atoms with Crippen molar-refractivity contribution < 1.29 is 14.9 Å². The minimum atomic E-state index is -0.920. The van der Waals surface area contributed by atoms with Crippen LogP contribution in [-0.2, 0) is 4.74 Å². The van der Waals surface area contributed by atoms with Gasteiger partial charge in [0.15, 0.2) is 0 Å². The molecule has 0 bridgehead atoms. The highest BCUT2D eigenvalue weighted by molar-refractivity contribution is 4.99.